The molecule has 27 heavy (non-hydrogen) atoms. The number of hydrogen-bond donors (Lipinski definition) is 2. The summed E-state index contributed by atoms with van der Waals surface area (Å²) in [5.74, 6) is 0.201. The van der Waals surface area contributed by atoms with Gasteiger partial charge < -0.3 is 19.9 Å². The molecule has 0 saturated heterocycles. The molecular weight excluding hydrogens is 346 g/mol. The molecule has 0 aliphatic carbocycles. The van der Waals surface area contributed by atoms with Crippen LogP contribution in [0.25, 0.3) is 0 Å². The average molecular weight is 371 g/mol. The molecule has 2 N–H and O–H groups in total. The molecule has 0 aromatic heterocycles. The number of hydrogen-bond acceptors (Lipinski definition) is 4. The minimum absolute atomic E-state index is 0.0471. The van der Waals surface area contributed by atoms with E-state index in [1.807, 2.05) is 50.2 Å². The van der Waals surface area contributed by atoms with Crippen LogP contribution < -0.4 is 14.8 Å². The van der Waals surface area contributed by atoms with E-state index in [0.29, 0.717) is 18.7 Å². The van der Waals surface area contributed by atoms with Gasteiger partial charge >= 0.3 is 5.97 Å². The number of carboxylic acid groups (broad SMARTS) is 1. The van der Waals surface area contributed by atoms with Crippen LogP contribution in [0.4, 0.5) is 0 Å². The van der Waals surface area contributed by atoms with E-state index >= 15 is 0 Å². The lowest BCUT2D eigenvalue weighted by molar-refractivity contribution is -0.139. The molecule has 6 nitrogen and oxygen atoms in total. The monoisotopic (exact) mass is 371 g/mol. The standard InChI is InChI=1S/C21H25NO5/c1-21(2,16-6-10-17(26-3)11-7-16)20(25)22-13-12-15-4-8-18(9-5-15)27-14-19(23)24/h4-11H,12-14H2,1-3H3,(H,22,25)(H,23,24). The lowest BCUT2D eigenvalue weighted by Crippen LogP contribution is -2.40. The quantitative estimate of drug-likeness (QED) is 0.708. The van der Waals surface area contributed by atoms with Gasteiger partial charge in [-0.05, 0) is 55.7 Å². The van der Waals surface area contributed by atoms with Gasteiger partial charge in [0.1, 0.15) is 11.5 Å². The fourth-order valence-electron chi connectivity index (χ4n) is 2.58. The summed E-state index contributed by atoms with van der Waals surface area (Å²) in [5.41, 5.74) is 1.29. The Balaban J connectivity index is 1.86. The number of rotatable bonds is 9. The van der Waals surface area contributed by atoms with E-state index in [1.165, 1.54) is 0 Å². The second kappa shape index (κ2) is 9.07. The number of carbonyl (C=O) groups is 2. The maximum atomic E-state index is 12.6. The van der Waals surface area contributed by atoms with Gasteiger partial charge in [0.2, 0.25) is 5.91 Å². The highest BCUT2D eigenvalue weighted by molar-refractivity contribution is 5.87. The average Bonchev–Trinajstić information content (AvgIpc) is 2.67. The Bertz CT molecular complexity index is 766. The van der Waals surface area contributed by atoms with Crippen LogP contribution in [0.5, 0.6) is 11.5 Å². The molecule has 2 rings (SSSR count). The first-order valence-electron chi connectivity index (χ1n) is 8.69. The topological polar surface area (TPSA) is 84.9 Å². The molecule has 144 valence electrons. The molecular formula is C21H25NO5. The van der Waals surface area contributed by atoms with E-state index in [4.69, 9.17) is 14.6 Å². The van der Waals surface area contributed by atoms with Crippen molar-refractivity contribution in [1.29, 1.82) is 0 Å². The van der Waals surface area contributed by atoms with E-state index < -0.39 is 11.4 Å². The van der Waals surface area contributed by atoms with Crippen molar-refractivity contribution in [2.45, 2.75) is 25.7 Å². The summed E-state index contributed by atoms with van der Waals surface area (Å²) < 4.78 is 10.3. The smallest absolute Gasteiger partial charge is 0.341 e. The van der Waals surface area contributed by atoms with E-state index in [9.17, 15) is 9.59 Å². The molecule has 0 aliphatic heterocycles. The van der Waals surface area contributed by atoms with Crippen molar-refractivity contribution in [3.63, 3.8) is 0 Å². The molecule has 0 radical (unpaired) electrons. The van der Waals surface area contributed by atoms with Crippen LogP contribution in [-0.4, -0.2) is 37.2 Å². The molecule has 2 aromatic carbocycles. The molecule has 0 heterocycles. The zero-order valence-electron chi connectivity index (χ0n) is 15.8. The second-order valence-electron chi connectivity index (χ2n) is 6.69. The number of nitrogens with one attached hydrogen (secondary N) is 1. The maximum absolute atomic E-state index is 12.6. The van der Waals surface area contributed by atoms with Crippen molar-refractivity contribution in [1.82, 2.24) is 5.32 Å². The van der Waals surface area contributed by atoms with Crippen LogP contribution in [0, 0.1) is 0 Å². The molecule has 6 heteroatoms. The van der Waals surface area contributed by atoms with Gasteiger partial charge in [0.15, 0.2) is 6.61 Å². The first kappa shape index (κ1) is 20.3. The lowest BCUT2D eigenvalue weighted by Gasteiger charge is -2.24. The molecule has 0 saturated carbocycles. The first-order chi connectivity index (χ1) is 12.8. The minimum Gasteiger partial charge on any atom is -0.497 e. The molecule has 0 bridgehead atoms. The maximum Gasteiger partial charge on any atom is 0.341 e. The molecule has 0 aliphatic rings. The Morgan fingerprint density at radius 2 is 1.59 bits per heavy atom. The minimum atomic E-state index is -1.01. The number of carboxylic acids is 1. The van der Waals surface area contributed by atoms with Crippen LogP contribution in [0.3, 0.4) is 0 Å². The number of aliphatic carboxylic acids is 1. The van der Waals surface area contributed by atoms with Crippen molar-refractivity contribution in [3.05, 3.63) is 59.7 Å². The Hall–Kier alpha value is -3.02. The summed E-state index contributed by atoms with van der Waals surface area (Å²) in [6.07, 6.45) is 0.670. The van der Waals surface area contributed by atoms with Gasteiger partial charge in [-0.15, -0.1) is 0 Å². The van der Waals surface area contributed by atoms with Gasteiger partial charge in [-0.3, -0.25) is 4.79 Å². The Labute approximate surface area is 159 Å². The zero-order valence-corrected chi connectivity index (χ0v) is 15.8. The fraction of sp³-hybridized carbons (Fsp3) is 0.333. The molecule has 0 fully saturated rings. The van der Waals surface area contributed by atoms with Crippen LogP contribution in [-0.2, 0) is 21.4 Å². The highest BCUT2D eigenvalue weighted by Crippen LogP contribution is 2.25. The Morgan fingerprint density at radius 3 is 2.15 bits per heavy atom. The molecule has 1 amide bonds. The highest BCUT2D eigenvalue weighted by Gasteiger charge is 2.29. The van der Waals surface area contributed by atoms with Gasteiger partial charge in [0.05, 0.1) is 12.5 Å². The van der Waals surface area contributed by atoms with Crippen LogP contribution in [0.15, 0.2) is 48.5 Å². The summed E-state index contributed by atoms with van der Waals surface area (Å²) >= 11 is 0. The van der Waals surface area contributed by atoms with E-state index in [-0.39, 0.29) is 12.5 Å². The Morgan fingerprint density at radius 1 is 1.00 bits per heavy atom. The lowest BCUT2D eigenvalue weighted by atomic mass is 9.83. The molecule has 2 aromatic rings. The first-order valence-corrected chi connectivity index (χ1v) is 8.69. The van der Waals surface area contributed by atoms with E-state index in [0.717, 1.165) is 16.9 Å². The second-order valence-corrected chi connectivity index (χ2v) is 6.69. The highest BCUT2D eigenvalue weighted by atomic mass is 16.5. The predicted octanol–water partition coefficient (Wildman–Crippen LogP) is 2.80. The van der Waals surface area contributed by atoms with Crippen molar-refractivity contribution in [2.75, 3.05) is 20.3 Å². The van der Waals surface area contributed by atoms with Crippen molar-refractivity contribution >= 4 is 11.9 Å². The largest absolute Gasteiger partial charge is 0.497 e. The van der Waals surface area contributed by atoms with Crippen molar-refractivity contribution in [2.24, 2.45) is 0 Å². The number of benzene rings is 2. The summed E-state index contributed by atoms with van der Waals surface area (Å²) in [5, 5.41) is 11.6. The summed E-state index contributed by atoms with van der Waals surface area (Å²) in [6.45, 7) is 3.92. The molecule has 0 atom stereocenters. The predicted molar refractivity (Wildman–Crippen MR) is 102 cm³/mol. The number of methoxy groups -OCH3 is 1. The molecule has 0 spiro atoms. The van der Waals surface area contributed by atoms with E-state index in [1.54, 1.807) is 19.2 Å². The third-order valence-corrected chi connectivity index (χ3v) is 4.36. The van der Waals surface area contributed by atoms with Gasteiger partial charge in [0, 0.05) is 6.54 Å². The van der Waals surface area contributed by atoms with Crippen LogP contribution in [0.2, 0.25) is 0 Å². The number of amides is 1. The van der Waals surface area contributed by atoms with Crippen molar-refractivity contribution < 1.29 is 24.2 Å². The summed E-state index contributed by atoms with van der Waals surface area (Å²) in [7, 11) is 1.61. The van der Waals surface area contributed by atoms with E-state index in [2.05, 4.69) is 5.32 Å². The summed E-state index contributed by atoms with van der Waals surface area (Å²) in [6, 6.07) is 14.7. The van der Waals surface area contributed by atoms with Crippen molar-refractivity contribution in [3.8, 4) is 11.5 Å². The Kier molecular flexibility index (Phi) is 6.82. The van der Waals surface area contributed by atoms with Gasteiger partial charge in [0.25, 0.3) is 0 Å². The molecule has 0 unspecified atom stereocenters. The number of carbonyl (C=O) groups excluding carboxylic acids is 1. The van der Waals surface area contributed by atoms with Gasteiger partial charge in [-0.2, -0.15) is 0 Å². The van der Waals surface area contributed by atoms with Gasteiger partial charge in [-0.25, -0.2) is 4.79 Å². The zero-order chi connectivity index (χ0) is 19.9. The van der Waals surface area contributed by atoms with Crippen LogP contribution >= 0.6 is 0 Å². The third-order valence-electron chi connectivity index (χ3n) is 4.36. The fourth-order valence-corrected chi connectivity index (χ4v) is 2.58. The van der Waals surface area contributed by atoms with Gasteiger partial charge in [-0.1, -0.05) is 24.3 Å². The SMILES string of the molecule is COc1ccc(C(C)(C)C(=O)NCCc2ccc(OCC(=O)O)cc2)cc1. The van der Waals surface area contributed by atoms with Crippen LogP contribution in [0.1, 0.15) is 25.0 Å². The third kappa shape index (κ3) is 5.74. The normalized spacial score (nSPS) is 10.9. The number of ether oxygens (including phenoxy) is 2. The summed E-state index contributed by atoms with van der Waals surface area (Å²) in [4.78, 5) is 23.1.